The second-order valence-corrected chi connectivity index (χ2v) is 8.25. The van der Waals surface area contributed by atoms with Crippen LogP contribution >= 0.6 is 11.8 Å². The number of hydrogen-bond donors (Lipinski definition) is 1. The molecule has 2 aliphatic rings. The summed E-state index contributed by atoms with van der Waals surface area (Å²) >= 11 is 1.24. The highest BCUT2D eigenvalue weighted by molar-refractivity contribution is 8.27. The van der Waals surface area contributed by atoms with Gasteiger partial charge < -0.3 is 4.42 Å². The third kappa shape index (κ3) is 3.87. The summed E-state index contributed by atoms with van der Waals surface area (Å²) < 4.78 is 5.78. The summed E-state index contributed by atoms with van der Waals surface area (Å²) in [6.07, 6.45) is 1.45. The van der Waals surface area contributed by atoms with Gasteiger partial charge in [-0.05, 0) is 49.0 Å². The molecule has 1 amide bonds. The molecule has 0 spiro atoms. The van der Waals surface area contributed by atoms with Gasteiger partial charge in [0.15, 0.2) is 5.84 Å². The van der Waals surface area contributed by atoms with E-state index in [0.29, 0.717) is 27.3 Å². The number of nitro groups is 1. The van der Waals surface area contributed by atoms with Gasteiger partial charge in [0, 0.05) is 23.3 Å². The Morgan fingerprint density at radius 2 is 1.76 bits per heavy atom. The fourth-order valence-electron chi connectivity index (χ4n) is 3.28. The van der Waals surface area contributed by atoms with Crippen LogP contribution in [0.15, 0.2) is 80.7 Å². The summed E-state index contributed by atoms with van der Waals surface area (Å²) in [5.74, 6) is 0.192. The molecular formula is C23H15N5O4S. The number of nitro benzene ring substituents is 1. The molecule has 0 radical (unpaired) electrons. The number of nitrogens with one attached hydrogen (secondary N) is 1. The Bertz CT molecular complexity index is 1400. The standard InChI is InChI=1S/C23H15N5O4S/c1-13-2-4-15(5-3-13)22-26-27-20(24)18(21(29)25-23(27)33-22)12-17-10-11-19(32-17)14-6-8-16(9-7-14)28(30)31/h2-12,24H,1H3/b18-12+,24-20?. The molecule has 9 nitrogen and oxygen atoms in total. The molecule has 0 fully saturated rings. The maximum Gasteiger partial charge on any atom is 0.283 e. The average Bonchev–Trinajstić information content (AvgIpc) is 3.45. The predicted molar refractivity (Wildman–Crippen MR) is 126 cm³/mol. The number of rotatable bonds is 4. The second kappa shape index (κ2) is 7.99. The fourth-order valence-corrected chi connectivity index (χ4v) is 4.18. The number of carbonyl (C=O) groups is 1. The molecule has 5 rings (SSSR count). The second-order valence-electron chi connectivity index (χ2n) is 7.30. The first kappa shape index (κ1) is 20.6. The number of furan rings is 1. The van der Waals surface area contributed by atoms with E-state index in [9.17, 15) is 14.9 Å². The van der Waals surface area contributed by atoms with Crippen molar-refractivity contribution < 1.29 is 14.1 Å². The number of fused-ring (bicyclic) bond motifs is 1. The Morgan fingerprint density at radius 1 is 1.06 bits per heavy atom. The number of benzene rings is 2. The van der Waals surface area contributed by atoms with Crippen molar-refractivity contribution in [3.05, 3.63) is 93.2 Å². The van der Waals surface area contributed by atoms with E-state index in [2.05, 4.69) is 10.1 Å². The monoisotopic (exact) mass is 457 g/mol. The number of non-ortho nitro benzene ring substituents is 1. The van der Waals surface area contributed by atoms with Gasteiger partial charge in [-0.1, -0.05) is 29.8 Å². The van der Waals surface area contributed by atoms with Crippen LogP contribution in [0.4, 0.5) is 5.69 Å². The van der Waals surface area contributed by atoms with Crippen LogP contribution in [0.1, 0.15) is 16.9 Å². The molecule has 2 aromatic carbocycles. The zero-order valence-corrected chi connectivity index (χ0v) is 18.0. The van der Waals surface area contributed by atoms with E-state index >= 15 is 0 Å². The van der Waals surface area contributed by atoms with Crippen LogP contribution < -0.4 is 0 Å². The highest BCUT2D eigenvalue weighted by atomic mass is 32.2. The highest BCUT2D eigenvalue weighted by Gasteiger charge is 2.36. The summed E-state index contributed by atoms with van der Waals surface area (Å²) in [7, 11) is 0. The first-order chi connectivity index (χ1) is 15.9. The largest absolute Gasteiger partial charge is 0.457 e. The van der Waals surface area contributed by atoms with Crippen molar-refractivity contribution in [1.82, 2.24) is 5.01 Å². The summed E-state index contributed by atoms with van der Waals surface area (Å²) in [4.78, 5) is 27.1. The number of amidine groups is 2. The minimum atomic E-state index is -0.549. The van der Waals surface area contributed by atoms with E-state index in [1.165, 1.54) is 35.0 Å². The maximum atomic E-state index is 12.6. The lowest BCUT2D eigenvalue weighted by Crippen LogP contribution is -2.35. The Balaban J connectivity index is 1.41. The lowest BCUT2D eigenvalue weighted by Gasteiger charge is -2.19. The Labute approximate surface area is 191 Å². The van der Waals surface area contributed by atoms with Crippen LogP contribution in [0, 0.1) is 22.4 Å². The van der Waals surface area contributed by atoms with E-state index in [-0.39, 0.29) is 17.1 Å². The van der Waals surface area contributed by atoms with Gasteiger partial charge in [-0.15, -0.1) is 0 Å². The molecule has 0 atom stereocenters. The number of hydrazone groups is 1. The van der Waals surface area contributed by atoms with E-state index in [0.717, 1.165) is 11.1 Å². The van der Waals surface area contributed by atoms with Crippen molar-refractivity contribution >= 4 is 45.5 Å². The minimum Gasteiger partial charge on any atom is -0.457 e. The Kier molecular flexibility index (Phi) is 4.98. The van der Waals surface area contributed by atoms with Crippen molar-refractivity contribution in [2.75, 3.05) is 0 Å². The van der Waals surface area contributed by atoms with E-state index in [1.54, 1.807) is 24.3 Å². The van der Waals surface area contributed by atoms with Gasteiger partial charge in [-0.25, -0.2) is 0 Å². The van der Waals surface area contributed by atoms with Crippen LogP contribution in [-0.4, -0.2) is 31.9 Å². The van der Waals surface area contributed by atoms with Gasteiger partial charge in [0.05, 0.1) is 10.5 Å². The molecule has 3 heterocycles. The van der Waals surface area contributed by atoms with Crippen molar-refractivity contribution in [2.45, 2.75) is 6.92 Å². The summed E-state index contributed by atoms with van der Waals surface area (Å²) in [5, 5.41) is 26.1. The van der Waals surface area contributed by atoms with Gasteiger partial charge in [-0.2, -0.15) is 15.1 Å². The number of thioether (sulfide) groups is 1. The number of hydrogen-bond acceptors (Lipinski definition) is 7. The SMILES string of the molecule is Cc1ccc(C2=NN3C(=N)/C(=C\c4ccc(-c5ccc([N+](=O)[O-])cc5)o4)C(=O)N=C3S2)cc1. The van der Waals surface area contributed by atoms with Crippen LogP contribution in [0.3, 0.4) is 0 Å². The molecule has 0 aliphatic carbocycles. The number of amides is 1. The fraction of sp³-hybridized carbons (Fsp3) is 0.0435. The van der Waals surface area contributed by atoms with E-state index < -0.39 is 10.8 Å². The first-order valence-electron chi connectivity index (χ1n) is 9.81. The molecule has 0 saturated carbocycles. The van der Waals surface area contributed by atoms with Crippen LogP contribution in [0.2, 0.25) is 0 Å². The summed E-state index contributed by atoms with van der Waals surface area (Å²) in [6.45, 7) is 1.99. The smallest absolute Gasteiger partial charge is 0.283 e. The quantitative estimate of drug-likeness (QED) is 0.340. The van der Waals surface area contributed by atoms with E-state index in [4.69, 9.17) is 9.83 Å². The molecule has 3 aromatic rings. The first-order valence-corrected chi connectivity index (χ1v) is 10.6. The topological polar surface area (TPSA) is 125 Å². The number of aryl methyl sites for hydroxylation is 1. The predicted octanol–water partition coefficient (Wildman–Crippen LogP) is 4.83. The summed E-state index contributed by atoms with van der Waals surface area (Å²) in [5.41, 5.74) is 2.69. The zero-order valence-electron chi connectivity index (χ0n) is 17.2. The van der Waals surface area contributed by atoms with Gasteiger partial charge in [-0.3, -0.25) is 20.3 Å². The lowest BCUT2D eigenvalue weighted by molar-refractivity contribution is -0.384. The Hall–Kier alpha value is -4.31. The van der Waals surface area contributed by atoms with Crippen LogP contribution in [0.5, 0.6) is 0 Å². The maximum absolute atomic E-state index is 12.6. The number of carbonyl (C=O) groups excluding carboxylic acids is 1. The molecule has 0 unspecified atom stereocenters. The molecule has 10 heteroatoms. The van der Waals surface area contributed by atoms with Crippen molar-refractivity contribution in [1.29, 1.82) is 5.41 Å². The van der Waals surface area contributed by atoms with Crippen molar-refractivity contribution in [3.63, 3.8) is 0 Å². The third-order valence-corrected chi connectivity index (χ3v) is 5.99. The molecular weight excluding hydrogens is 442 g/mol. The summed E-state index contributed by atoms with van der Waals surface area (Å²) in [6, 6.07) is 17.1. The molecule has 162 valence electrons. The minimum absolute atomic E-state index is 0.0170. The molecule has 1 aromatic heterocycles. The number of aliphatic imine (C=N–C) groups is 1. The molecule has 33 heavy (non-hydrogen) atoms. The molecule has 0 saturated heterocycles. The van der Waals surface area contributed by atoms with Crippen molar-refractivity contribution in [2.24, 2.45) is 10.1 Å². The Morgan fingerprint density at radius 3 is 2.45 bits per heavy atom. The van der Waals surface area contributed by atoms with Crippen molar-refractivity contribution in [3.8, 4) is 11.3 Å². The van der Waals surface area contributed by atoms with Crippen LogP contribution in [-0.2, 0) is 4.79 Å². The van der Waals surface area contributed by atoms with Gasteiger partial charge in [0.25, 0.3) is 11.6 Å². The normalized spacial score (nSPS) is 16.6. The van der Waals surface area contributed by atoms with E-state index in [1.807, 2.05) is 31.2 Å². The van der Waals surface area contributed by atoms with Crippen LogP contribution in [0.25, 0.3) is 17.4 Å². The molecule has 1 N–H and O–H groups in total. The van der Waals surface area contributed by atoms with Gasteiger partial charge in [0.2, 0.25) is 5.17 Å². The zero-order chi connectivity index (χ0) is 23.1. The van der Waals surface area contributed by atoms with Gasteiger partial charge >= 0.3 is 0 Å². The molecule has 2 aliphatic heterocycles. The number of nitrogens with zero attached hydrogens (tertiary/aromatic N) is 4. The van der Waals surface area contributed by atoms with Gasteiger partial charge in [0.1, 0.15) is 16.6 Å². The molecule has 0 bridgehead atoms. The lowest BCUT2D eigenvalue weighted by atomic mass is 10.1. The highest BCUT2D eigenvalue weighted by Crippen LogP contribution is 2.32. The third-order valence-electron chi connectivity index (χ3n) is 5.03. The average molecular weight is 457 g/mol.